The average Bonchev–Trinajstić information content (AvgIpc) is 3.92. The Morgan fingerprint density at radius 3 is 1.86 bits per heavy atom. The number of nitrogens with zero attached hydrogens (tertiary/aromatic N) is 2. The van der Waals surface area contributed by atoms with E-state index in [4.69, 9.17) is 4.42 Å². The Hall–Kier alpha value is -6.00. The molecule has 7 aromatic carbocycles. The Balaban J connectivity index is 0.991. The van der Waals surface area contributed by atoms with Crippen LogP contribution in [-0.4, -0.2) is 11.3 Å². The molecule has 2 aromatic heterocycles. The highest BCUT2D eigenvalue weighted by atomic mass is 16.4. The van der Waals surface area contributed by atoms with E-state index in [1.165, 1.54) is 165 Å². The highest BCUT2D eigenvalue weighted by Gasteiger charge is 2.54. The van der Waals surface area contributed by atoms with E-state index in [9.17, 15) is 0 Å². The number of rotatable bonds is 4. The lowest BCUT2D eigenvalue weighted by Gasteiger charge is -2.57. The Morgan fingerprint density at radius 2 is 1.17 bits per heavy atom. The van der Waals surface area contributed by atoms with Crippen LogP contribution in [0.4, 0.5) is 17.3 Å². The van der Waals surface area contributed by atoms with Gasteiger partial charge in [0.05, 0.1) is 5.69 Å². The number of anilines is 3. The standard InChI is InChI=1S/C67H63BN2O/c1-38-20-54-56-31-49(67-35-42-25-43(36-67)27-44(26-42)37-67)30-55-53-29-48(66-32-39-22-40(33-66)24-41(23-39)34-66)16-19-58(53)70(62(55)56)68-60(54)59(21-38)69(64-61(68)51-17-14-46-12-8-9-13-50(46)63(51)71-64)57-18-15-47(65(2,3)4)28-52(57)45-10-6-5-7-11-45/h5-21,28-31,39-44H,22-27,32-37H2,1-4H3. The fourth-order valence-corrected chi connectivity index (χ4v) is 18.8. The third kappa shape index (κ3) is 5.47. The van der Waals surface area contributed by atoms with E-state index in [0.29, 0.717) is 5.41 Å². The van der Waals surface area contributed by atoms with Crippen LogP contribution in [0, 0.1) is 42.4 Å². The molecule has 0 spiro atoms. The first-order valence-corrected chi connectivity index (χ1v) is 27.8. The number of fused-ring (bicyclic) bond motifs is 11. The molecule has 4 heterocycles. The molecule has 10 aliphatic rings. The number of aromatic nitrogens is 1. The zero-order chi connectivity index (χ0) is 46.9. The van der Waals surface area contributed by atoms with E-state index in [2.05, 4.69) is 164 Å². The van der Waals surface area contributed by atoms with Crippen LogP contribution in [0.15, 0.2) is 132 Å². The van der Waals surface area contributed by atoms with Crippen LogP contribution in [0.3, 0.4) is 0 Å². The maximum Gasteiger partial charge on any atom is 0.337 e. The third-order valence-corrected chi connectivity index (χ3v) is 20.8. The Labute approximate surface area is 418 Å². The van der Waals surface area contributed by atoms with E-state index >= 15 is 0 Å². The van der Waals surface area contributed by atoms with Crippen molar-refractivity contribution in [3.63, 3.8) is 0 Å². The topological polar surface area (TPSA) is 21.3 Å². The first-order valence-electron chi connectivity index (χ1n) is 27.8. The average molecular weight is 923 g/mol. The summed E-state index contributed by atoms with van der Waals surface area (Å²) in [5, 5.41) is 6.58. The minimum absolute atomic E-state index is 0.0183. The Kier molecular flexibility index (Phi) is 7.85. The Morgan fingerprint density at radius 1 is 0.521 bits per heavy atom. The molecule has 2 aliphatic heterocycles. The van der Waals surface area contributed by atoms with Gasteiger partial charge in [0.2, 0.25) is 5.88 Å². The molecule has 350 valence electrons. The van der Waals surface area contributed by atoms with Gasteiger partial charge in [-0.15, -0.1) is 0 Å². The number of aryl methyl sites for hydroxylation is 1. The molecule has 0 saturated heterocycles. The van der Waals surface area contributed by atoms with Crippen molar-refractivity contribution in [1.29, 1.82) is 0 Å². The van der Waals surface area contributed by atoms with E-state index in [-0.39, 0.29) is 17.7 Å². The number of hydrogen-bond donors (Lipinski definition) is 0. The largest absolute Gasteiger partial charge is 0.440 e. The highest BCUT2D eigenvalue weighted by Crippen LogP contribution is 2.64. The lowest BCUT2D eigenvalue weighted by Crippen LogP contribution is -2.56. The fraction of sp³-hybridized carbons (Fsp3) is 0.373. The van der Waals surface area contributed by atoms with Crippen LogP contribution in [0.25, 0.3) is 65.8 Å². The van der Waals surface area contributed by atoms with Crippen LogP contribution >= 0.6 is 0 Å². The van der Waals surface area contributed by atoms with Crippen LogP contribution in [0.2, 0.25) is 0 Å². The van der Waals surface area contributed by atoms with Crippen LogP contribution in [-0.2, 0) is 16.2 Å². The molecule has 0 amide bonds. The molecular formula is C67H63BN2O. The van der Waals surface area contributed by atoms with Gasteiger partial charge in [-0.2, -0.15) is 0 Å². The molecule has 8 fully saturated rings. The SMILES string of the molecule is Cc1cc2c3c(c1)N(c1ccc(C(C)(C)C)cc1-c1ccccc1)c1oc4c(ccc5ccccc54)c1B3n1c3ccc(C45CC6CC(CC(C6)C4)C5)cc3c3cc(C45CC6CC(CC(C6)C4)C5)cc-2c31. The maximum atomic E-state index is 7.65. The summed E-state index contributed by atoms with van der Waals surface area (Å²) in [5.74, 6) is 6.32. The van der Waals surface area contributed by atoms with Crippen molar-refractivity contribution in [1.82, 2.24) is 4.48 Å². The zero-order valence-electron chi connectivity index (χ0n) is 42.0. The van der Waals surface area contributed by atoms with Gasteiger partial charge in [0.1, 0.15) is 5.58 Å². The summed E-state index contributed by atoms with van der Waals surface area (Å²) in [6.45, 7) is 9.28. The molecule has 0 unspecified atom stereocenters. The summed E-state index contributed by atoms with van der Waals surface area (Å²) in [6.07, 6.45) is 17.1. The van der Waals surface area contributed by atoms with E-state index in [1.54, 1.807) is 11.1 Å². The molecule has 8 aliphatic carbocycles. The van der Waals surface area contributed by atoms with Crippen molar-refractivity contribution >= 4 is 78.6 Å². The van der Waals surface area contributed by atoms with Crippen molar-refractivity contribution in [2.24, 2.45) is 35.5 Å². The predicted molar refractivity (Wildman–Crippen MR) is 296 cm³/mol. The lowest BCUT2D eigenvalue weighted by molar-refractivity contribution is -0.00527. The summed E-state index contributed by atoms with van der Waals surface area (Å²) in [6, 6.07) is 50.6. The van der Waals surface area contributed by atoms with E-state index in [0.717, 1.165) is 52.7 Å². The van der Waals surface area contributed by atoms with Gasteiger partial charge in [0.15, 0.2) is 0 Å². The minimum atomic E-state index is -0.0772. The van der Waals surface area contributed by atoms with Gasteiger partial charge in [-0.3, -0.25) is 4.90 Å². The number of benzene rings is 7. The summed E-state index contributed by atoms with van der Waals surface area (Å²) in [7, 11) is 0. The van der Waals surface area contributed by atoms with Gasteiger partial charge in [-0.25, -0.2) is 0 Å². The van der Waals surface area contributed by atoms with Gasteiger partial charge < -0.3 is 8.90 Å². The Bertz CT molecular complexity index is 3730. The molecule has 8 saturated carbocycles. The van der Waals surface area contributed by atoms with Gasteiger partial charge in [0.25, 0.3) is 0 Å². The van der Waals surface area contributed by atoms with Gasteiger partial charge in [-0.05, 0) is 222 Å². The predicted octanol–water partition coefficient (Wildman–Crippen LogP) is 16.3. The molecule has 0 radical (unpaired) electrons. The van der Waals surface area contributed by atoms with E-state index in [1.807, 2.05) is 0 Å². The van der Waals surface area contributed by atoms with Gasteiger partial charge >= 0.3 is 6.85 Å². The van der Waals surface area contributed by atoms with E-state index < -0.39 is 0 Å². The van der Waals surface area contributed by atoms with Crippen LogP contribution < -0.4 is 15.8 Å². The summed E-state index contributed by atoms with van der Waals surface area (Å²) in [5.41, 5.74) is 20.7. The molecule has 3 nitrogen and oxygen atoms in total. The van der Waals surface area contributed by atoms with Crippen molar-refractivity contribution < 1.29 is 4.42 Å². The summed E-state index contributed by atoms with van der Waals surface area (Å²) < 4.78 is 10.5. The number of hydrogen-bond acceptors (Lipinski definition) is 2. The quantitative estimate of drug-likeness (QED) is 0.164. The molecule has 19 rings (SSSR count). The van der Waals surface area contributed by atoms with Crippen LogP contribution in [0.1, 0.15) is 120 Å². The van der Waals surface area contributed by atoms with Crippen molar-refractivity contribution in [2.45, 2.75) is 121 Å². The van der Waals surface area contributed by atoms with Crippen molar-refractivity contribution in [2.75, 3.05) is 4.90 Å². The monoisotopic (exact) mass is 923 g/mol. The smallest absolute Gasteiger partial charge is 0.337 e. The molecule has 0 atom stereocenters. The molecular weight excluding hydrogens is 860 g/mol. The summed E-state index contributed by atoms with van der Waals surface area (Å²) >= 11 is 0. The lowest BCUT2D eigenvalue weighted by atomic mass is 9.45. The van der Waals surface area contributed by atoms with Gasteiger partial charge in [-0.1, -0.05) is 106 Å². The maximum absolute atomic E-state index is 7.65. The van der Waals surface area contributed by atoms with Gasteiger partial charge in [0, 0.05) is 54.9 Å². The third-order valence-electron chi connectivity index (χ3n) is 20.8. The first kappa shape index (κ1) is 40.6. The highest BCUT2D eigenvalue weighted by molar-refractivity contribution is 6.91. The second kappa shape index (κ2) is 13.7. The molecule has 4 heteroatoms. The van der Waals surface area contributed by atoms with Crippen LogP contribution in [0.5, 0.6) is 0 Å². The van der Waals surface area contributed by atoms with Crippen molar-refractivity contribution in [3.8, 4) is 22.3 Å². The normalized spacial score (nSPS) is 28.5. The molecule has 71 heavy (non-hydrogen) atoms. The molecule has 9 aromatic rings. The second-order valence-electron chi connectivity index (χ2n) is 26.2. The minimum Gasteiger partial charge on any atom is -0.440 e. The molecule has 0 N–H and O–H groups in total. The molecule has 8 bridgehead atoms. The zero-order valence-corrected chi connectivity index (χ0v) is 42.0. The first-order chi connectivity index (χ1) is 34.5. The second-order valence-corrected chi connectivity index (χ2v) is 26.2. The number of furan rings is 1. The fourth-order valence-electron chi connectivity index (χ4n) is 18.8. The summed E-state index contributed by atoms with van der Waals surface area (Å²) in [4.78, 5) is 2.56. The van der Waals surface area contributed by atoms with Crippen molar-refractivity contribution in [3.05, 3.63) is 150 Å².